The molecule has 84 valence electrons. The van der Waals surface area contributed by atoms with Crippen LogP contribution in [0.2, 0.25) is 0 Å². The van der Waals surface area contributed by atoms with Crippen LogP contribution in [0.25, 0.3) is 0 Å². The summed E-state index contributed by atoms with van der Waals surface area (Å²) in [7, 11) is 0. The van der Waals surface area contributed by atoms with Crippen LogP contribution in [0.3, 0.4) is 0 Å². The zero-order valence-corrected chi connectivity index (χ0v) is 8.60. The summed E-state index contributed by atoms with van der Waals surface area (Å²) >= 11 is 0. The Morgan fingerprint density at radius 2 is 1.93 bits per heavy atom. The van der Waals surface area contributed by atoms with Gasteiger partial charge in [0.05, 0.1) is 5.56 Å². The minimum absolute atomic E-state index is 0.151. The molecule has 15 heavy (non-hydrogen) atoms. The Balaban J connectivity index is 3.17. The lowest BCUT2D eigenvalue weighted by molar-refractivity contribution is -0.137. The Hall–Kier alpha value is -1.03. The molecule has 1 N–H and O–H groups in total. The summed E-state index contributed by atoms with van der Waals surface area (Å²) in [5, 5.41) is 8.93. The van der Waals surface area contributed by atoms with Gasteiger partial charge < -0.3 is 5.11 Å². The molecule has 1 nitrogen and oxygen atoms in total. The van der Waals surface area contributed by atoms with Crippen LogP contribution in [0.15, 0.2) is 18.2 Å². The minimum Gasteiger partial charge on any atom is -0.396 e. The van der Waals surface area contributed by atoms with Gasteiger partial charge in [0.2, 0.25) is 0 Å². The van der Waals surface area contributed by atoms with Crippen LogP contribution in [-0.4, -0.2) is 11.7 Å². The lowest BCUT2D eigenvalue weighted by Gasteiger charge is -2.15. The highest BCUT2D eigenvalue weighted by Crippen LogP contribution is 2.32. The lowest BCUT2D eigenvalue weighted by Crippen LogP contribution is -2.08. The van der Waals surface area contributed by atoms with E-state index in [0.717, 1.165) is 17.7 Å². The first-order chi connectivity index (χ1) is 6.86. The summed E-state index contributed by atoms with van der Waals surface area (Å²) in [6.07, 6.45) is -4.32. The summed E-state index contributed by atoms with van der Waals surface area (Å²) in [6, 6.07) is 3.60. The van der Waals surface area contributed by atoms with E-state index in [4.69, 9.17) is 5.11 Å². The Kier molecular flexibility index (Phi) is 3.39. The van der Waals surface area contributed by atoms with Gasteiger partial charge in [0, 0.05) is 12.5 Å². The first-order valence-electron chi connectivity index (χ1n) is 4.65. The molecule has 1 aromatic carbocycles. The number of rotatable bonds is 2. The maximum absolute atomic E-state index is 12.4. The maximum atomic E-state index is 12.4. The molecule has 0 spiro atoms. The van der Waals surface area contributed by atoms with E-state index in [1.54, 1.807) is 13.8 Å². The van der Waals surface area contributed by atoms with Gasteiger partial charge in [-0.2, -0.15) is 13.2 Å². The second-order valence-electron chi connectivity index (χ2n) is 3.65. The van der Waals surface area contributed by atoms with Crippen molar-refractivity contribution in [1.82, 2.24) is 0 Å². The number of aliphatic hydroxyl groups excluding tert-OH is 1. The molecule has 0 aliphatic heterocycles. The Morgan fingerprint density at radius 3 is 2.40 bits per heavy atom. The molecule has 0 saturated carbocycles. The fourth-order valence-electron chi connectivity index (χ4n) is 1.45. The SMILES string of the molecule is Cc1ccc(C(F)(F)F)cc1C(C)CO. The summed E-state index contributed by atoms with van der Waals surface area (Å²) in [4.78, 5) is 0. The van der Waals surface area contributed by atoms with Crippen molar-refractivity contribution >= 4 is 0 Å². The largest absolute Gasteiger partial charge is 0.416 e. The smallest absolute Gasteiger partial charge is 0.396 e. The molecule has 0 radical (unpaired) electrons. The average Bonchev–Trinajstić information content (AvgIpc) is 2.15. The molecule has 0 amide bonds. The monoisotopic (exact) mass is 218 g/mol. The fraction of sp³-hybridized carbons (Fsp3) is 0.455. The maximum Gasteiger partial charge on any atom is 0.416 e. The van der Waals surface area contributed by atoms with Crippen LogP contribution < -0.4 is 0 Å². The average molecular weight is 218 g/mol. The topological polar surface area (TPSA) is 20.2 Å². The van der Waals surface area contributed by atoms with E-state index in [-0.39, 0.29) is 12.5 Å². The molecule has 4 heteroatoms. The predicted octanol–water partition coefficient (Wildman–Crippen LogP) is 3.11. The number of hydrogen-bond acceptors (Lipinski definition) is 1. The van der Waals surface area contributed by atoms with Crippen molar-refractivity contribution in [3.63, 3.8) is 0 Å². The molecular formula is C11H13F3O. The summed E-state index contributed by atoms with van der Waals surface area (Å²) in [6.45, 7) is 3.28. The quantitative estimate of drug-likeness (QED) is 0.808. The van der Waals surface area contributed by atoms with Crippen LogP contribution in [-0.2, 0) is 6.18 Å². The van der Waals surface area contributed by atoms with Gasteiger partial charge in [0.15, 0.2) is 0 Å². The zero-order chi connectivity index (χ0) is 11.6. The Labute approximate surface area is 86.5 Å². The van der Waals surface area contributed by atoms with E-state index in [2.05, 4.69) is 0 Å². The molecule has 0 fully saturated rings. The van der Waals surface area contributed by atoms with Gasteiger partial charge >= 0.3 is 6.18 Å². The number of aliphatic hydroxyl groups is 1. The van der Waals surface area contributed by atoms with Crippen LogP contribution >= 0.6 is 0 Å². The minimum atomic E-state index is -4.32. The van der Waals surface area contributed by atoms with Gasteiger partial charge in [-0.1, -0.05) is 13.0 Å². The number of benzene rings is 1. The molecular weight excluding hydrogens is 205 g/mol. The molecule has 0 saturated heterocycles. The second-order valence-corrected chi connectivity index (χ2v) is 3.65. The number of halogens is 3. The van der Waals surface area contributed by atoms with Crippen molar-refractivity contribution in [3.8, 4) is 0 Å². The first-order valence-corrected chi connectivity index (χ1v) is 4.65. The molecule has 1 aromatic rings. The first kappa shape index (κ1) is 12.0. The second kappa shape index (κ2) is 4.23. The number of alkyl halides is 3. The van der Waals surface area contributed by atoms with Gasteiger partial charge in [0.1, 0.15) is 0 Å². The lowest BCUT2D eigenvalue weighted by atomic mass is 9.95. The van der Waals surface area contributed by atoms with Gasteiger partial charge in [-0.25, -0.2) is 0 Å². The van der Waals surface area contributed by atoms with Crippen molar-refractivity contribution in [2.24, 2.45) is 0 Å². The van der Waals surface area contributed by atoms with E-state index in [9.17, 15) is 13.2 Å². The molecule has 0 aliphatic rings. The molecule has 1 rings (SSSR count). The van der Waals surface area contributed by atoms with Crippen molar-refractivity contribution in [3.05, 3.63) is 34.9 Å². The van der Waals surface area contributed by atoms with Gasteiger partial charge in [-0.3, -0.25) is 0 Å². The fourth-order valence-corrected chi connectivity index (χ4v) is 1.45. The van der Waals surface area contributed by atoms with Gasteiger partial charge in [-0.05, 0) is 30.2 Å². The normalized spacial score (nSPS) is 14.0. The van der Waals surface area contributed by atoms with Crippen LogP contribution in [0, 0.1) is 6.92 Å². The third kappa shape index (κ3) is 2.72. The van der Waals surface area contributed by atoms with Crippen LogP contribution in [0.1, 0.15) is 29.5 Å². The van der Waals surface area contributed by atoms with Crippen molar-refractivity contribution in [2.75, 3.05) is 6.61 Å². The van der Waals surface area contributed by atoms with Crippen molar-refractivity contribution < 1.29 is 18.3 Å². The highest BCUT2D eigenvalue weighted by atomic mass is 19.4. The molecule has 0 heterocycles. The standard InChI is InChI=1S/C11H13F3O/c1-7-3-4-9(11(12,13)14)5-10(7)8(2)6-15/h3-5,8,15H,6H2,1-2H3. The zero-order valence-electron chi connectivity index (χ0n) is 8.60. The van der Waals surface area contributed by atoms with E-state index < -0.39 is 11.7 Å². The Morgan fingerprint density at radius 1 is 1.33 bits per heavy atom. The van der Waals surface area contributed by atoms with E-state index >= 15 is 0 Å². The molecule has 0 aromatic heterocycles. The van der Waals surface area contributed by atoms with Gasteiger partial charge in [0.25, 0.3) is 0 Å². The number of aryl methyl sites for hydroxylation is 1. The molecule has 1 unspecified atom stereocenters. The highest BCUT2D eigenvalue weighted by Gasteiger charge is 2.31. The summed E-state index contributed by atoms with van der Waals surface area (Å²) in [5.74, 6) is -0.271. The van der Waals surface area contributed by atoms with Crippen LogP contribution in [0.5, 0.6) is 0 Å². The van der Waals surface area contributed by atoms with Crippen molar-refractivity contribution in [2.45, 2.75) is 25.9 Å². The van der Waals surface area contributed by atoms with E-state index in [0.29, 0.717) is 5.56 Å². The predicted molar refractivity (Wildman–Crippen MR) is 51.7 cm³/mol. The van der Waals surface area contributed by atoms with Crippen LogP contribution in [0.4, 0.5) is 13.2 Å². The summed E-state index contributed by atoms with van der Waals surface area (Å²) in [5.41, 5.74) is 0.653. The number of hydrogen-bond donors (Lipinski definition) is 1. The van der Waals surface area contributed by atoms with E-state index in [1.807, 2.05) is 0 Å². The van der Waals surface area contributed by atoms with E-state index in [1.165, 1.54) is 6.07 Å². The third-order valence-corrected chi connectivity index (χ3v) is 2.41. The summed E-state index contributed by atoms with van der Waals surface area (Å²) < 4.78 is 37.2. The highest BCUT2D eigenvalue weighted by molar-refractivity contribution is 5.34. The van der Waals surface area contributed by atoms with Gasteiger partial charge in [-0.15, -0.1) is 0 Å². The Bertz CT molecular complexity index is 344. The molecule has 1 atom stereocenters. The molecule has 0 bridgehead atoms. The van der Waals surface area contributed by atoms with Crippen molar-refractivity contribution in [1.29, 1.82) is 0 Å². The third-order valence-electron chi connectivity index (χ3n) is 2.41. The molecule has 0 aliphatic carbocycles.